The van der Waals surface area contributed by atoms with Crippen molar-refractivity contribution in [1.29, 1.82) is 0 Å². The summed E-state index contributed by atoms with van der Waals surface area (Å²) in [6.07, 6.45) is 1.49. The number of pyridine rings is 1. The van der Waals surface area contributed by atoms with Crippen LogP contribution in [0.4, 0.5) is 0 Å². The van der Waals surface area contributed by atoms with Gasteiger partial charge in [0, 0.05) is 0 Å². The van der Waals surface area contributed by atoms with Gasteiger partial charge in [0.15, 0.2) is 5.84 Å². The van der Waals surface area contributed by atoms with Gasteiger partial charge < -0.3 is 20.4 Å². The smallest absolute Gasteiger partial charge is 0.188 e. The van der Waals surface area contributed by atoms with E-state index < -0.39 is 0 Å². The summed E-state index contributed by atoms with van der Waals surface area (Å²) in [6, 6.07) is 8.64. The number of hydrogen-bond acceptors (Lipinski definition) is 5. The normalized spacial score (nSPS) is 11.2. The number of hydrogen-bond donors (Lipinski definition) is 2. The van der Waals surface area contributed by atoms with E-state index in [1.165, 1.54) is 6.20 Å². The molecule has 0 radical (unpaired) electrons. The molecule has 0 spiro atoms. The van der Waals surface area contributed by atoms with Gasteiger partial charge in [-0.25, -0.2) is 4.98 Å². The van der Waals surface area contributed by atoms with Crippen LogP contribution in [0, 0.1) is 0 Å². The molecule has 0 fully saturated rings. The highest BCUT2D eigenvalue weighted by Crippen LogP contribution is 2.32. The van der Waals surface area contributed by atoms with Gasteiger partial charge >= 0.3 is 0 Å². The van der Waals surface area contributed by atoms with Crippen LogP contribution in [-0.2, 0) is 0 Å². The van der Waals surface area contributed by atoms with Crippen molar-refractivity contribution in [2.75, 3.05) is 7.11 Å². The summed E-state index contributed by atoms with van der Waals surface area (Å²) >= 11 is 3.40. The highest BCUT2D eigenvalue weighted by atomic mass is 79.9. The molecule has 2 rings (SSSR count). The zero-order valence-electron chi connectivity index (χ0n) is 10.6. The van der Waals surface area contributed by atoms with Crippen LogP contribution in [0.3, 0.4) is 0 Å². The molecular weight excluding hydrogens is 326 g/mol. The molecule has 0 saturated heterocycles. The monoisotopic (exact) mass is 337 g/mol. The largest absolute Gasteiger partial charge is 0.497 e. The lowest BCUT2D eigenvalue weighted by Gasteiger charge is -2.09. The number of ether oxygens (including phenoxy) is 2. The van der Waals surface area contributed by atoms with E-state index in [1.54, 1.807) is 37.4 Å². The Morgan fingerprint density at radius 2 is 2.05 bits per heavy atom. The van der Waals surface area contributed by atoms with Crippen molar-refractivity contribution in [3.8, 4) is 17.2 Å². The lowest BCUT2D eigenvalue weighted by atomic mass is 10.3. The minimum atomic E-state index is -0.0535. The molecule has 1 aromatic heterocycles. The maximum absolute atomic E-state index is 8.55. The van der Waals surface area contributed by atoms with Gasteiger partial charge in [0.05, 0.1) is 17.8 Å². The second-order valence-electron chi connectivity index (χ2n) is 3.76. The lowest BCUT2D eigenvalue weighted by molar-refractivity contribution is 0.318. The van der Waals surface area contributed by atoms with E-state index in [1.807, 2.05) is 0 Å². The third-order valence-corrected chi connectivity index (χ3v) is 3.09. The highest BCUT2D eigenvalue weighted by Gasteiger charge is 2.06. The molecule has 0 saturated carbocycles. The minimum absolute atomic E-state index is 0.0535. The van der Waals surface area contributed by atoms with E-state index in [2.05, 4.69) is 26.1 Å². The third-order valence-electron chi connectivity index (χ3n) is 2.47. The molecule has 0 aliphatic carbocycles. The van der Waals surface area contributed by atoms with Crippen LogP contribution < -0.4 is 15.2 Å². The van der Waals surface area contributed by atoms with Crippen LogP contribution in [0.15, 0.2) is 46.2 Å². The lowest BCUT2D eigenvalue weighted by Crippen LogP contribution is -2.14. The number of rotatable bonds is 4. The van der Waals surface area contributed by atoms with Crippen molar-refractivity contribution < 1.29 is 14.7 Å². The molecule has 0 aliphatic rings. The van der Waals surface area contributed by atoms with E-state index in [0.29, 0.717) is 17.2 Å². The quantitative estimate of drug-likeness (QED) is 0.387. The maximum Gasteiger partial charge on any atom is 0.188 e. The summed E-state index contributed by atoms with van der Waals surface area (Å²) < 4.78 is 11.5. The number of benzene rings is 1. The summed E-state index contributed by atoms with van der Waals surface area (Å²) in [7, 11) is 1.60. The Morgan fingerprint density at radius 1 is 1.30 bits per heavy atom. The van der Waals surface area contributed by atoms with Crippen LogP contribution >= 0.6 is 15.9 Å². The first-order valence-electron chi connectivity index (χ1n) is 5.59. The van der Waals surface area contributed by atoms with Gasteiger partial charge in [0.2, 0.25) is 0 Å². The highest BCUT2D eigenvalue weighted by molar-refractivity contribution is 9.10. The average Bonchev–Trinajstić information content (AvgIpc) is 2.49. The SMILES string of the molecule is COc1ccc(Oc2ccc(/C(N)=N/O)nc2)c(Br)c1. The number of oxime groups is 1. The van der Waals surface area contributed by atoms with Crippen molar-refractivity contribution in [3.05, 3.63) is 46.7 Å². The molecule has 0 bridgehead atoms. The standard InChI is InChI=1S/C13H12BrN3O3/c1-19-8-3-5-12(10(14)6-8)20-9-2-4-11(16-7-9)13(15)17-18/h2-7,18H,1H3,(H2,15,17). The molecule has 0 atom stereocenters. The van der Waals surface area contributed by atoms with E-state index in [0.717, 1.165) is 10.2 Å². The summed E-state index contributed by atoms with van der Waals surface area (Å²) in [5, 5.41) is 11.4. The first kappa shape index (κ1) is 14.1. The molecule has 20 heavy (non-hydrogen) atoms. The van der Waals surface area contributed by atoms with Crippen LogP contribution in [0.25, 0.3) is 0 Å². The van der Waals surface area contributed by atoms with Crippen molar-refractivity contribution in [2.45, 2.75) is 0 Å². The van der Waals surface area contributed by atoms with E-state index in [-0.39, 0.29) is 5.84 Å². The topological polar surface area (TPSA) is 90.0 Å². The first-order chi connectivity index (χ1) is 9.63. The van der Waals surface area contributed by atoms with Crippen LogP contribution in [0.1, 0.15) is 5.69 Å². The predicted octanol–water partition coefficient (Wildman–Crippen LogP) is 2.74. The fourth-order valence-electron chi connectivity index (χ4n) is 1.46. The molecule has 2 aromatic rings. The number of halogens is 1. The number of methoxy groups -OCH3 is 1. The number of nitrogens with two attached hydrogens (primary N) is 1. The Morgan fingerprint density at radius 3 is 2.60 bits per heavy atom. The van der Waals surface area contributed by atoms with Crippen molar-refractivity contribution in [2.24, 2.45) is 10.9 Å². The van der Waals surface area contributed by atoms with Crippen molar-refractivity contribution in [3.63, 3.8) is 0 Å². The summed E-state index contributed by atoms with van der Waals surface area (Å²) in [6.45, 7) is 0. The molecule has 104 valence electrons. The first-order valence-corrected chi connectivity index (χ1v) is 6.38. The molecule has 0 aliphatic heterocycles. The fourth-order valence-corrected chi connectivity index (χ4v) is 1.90. The van der Waals surface area contributed by atoms with Crippen molar-refractivity contribution >= 4 is 21.8 Å². The van der Waals surface area contributed by atoms with E-state index >= 15 is 0 Å². The molecule has 0 unspecified atom stereocenters. The van der Waals surface area contributed by atoms with Gasteiger partial charge in [-0.15, -0.1) is 0 Å². The second-order valence-corrected chi connectivity index (χ2v) is 4.62. The molecule has 6 nitrogen and oxygen atoms in total. The van der Waals surface area contributed by atoms with Crippen LogP contribution in [-0.4, -0.2) is 23.1 Å². The van der Waals surface area contributed by atoms with Crippen molar-refractivity contribution in [1.82, 2.24) is 4.98 Å². The van der Waals surface area contributed by atoms with Gasteiger partial charge in [-0.05, 0) is 46.3 Å². The molecule has 1 aromatic carbocycles. The fraction of sp³-hybridized carbons (Fsp3) is 0.0769. The Labute approximate surface area is 124 Å². The Bertz CT molecular complexity index is 629. The minimum Gasteiger partial charge on any atom is -0.497 e. The van der Waals surface area contributed by atoms with Crippen LogP contribution in [0.2, 0.25) is 0 Å². The van der Waals surface area contributed by atoms with Gasteiger partial charge in [-0.3, -0.25) is 0 Å². The van der Waals surface area contributed by atoms with Gasteiger partial charge in [0.25, 0.3) is 0 Å². The zero-order chi connectivity index (χ0) is 14.5. The number of aromatic nitrogens is 1. The van der Waals surface area contributed by atoms with Gasteiger partial charge in [-0.2, -0.15) is 0 Å². The summed E-state index contributed by atoms with van der Waals surface area (Å²) in [5.41, 5.74) is 5.80. The second kappa shape index (κ2) is 6.25. The van der Waals surface area contributed by atoms with E-state index in [9.17, 15) is 0 Å². The summed E-state index contributed by atoms with van der Waals surface area (Å²) in [5.74, 6) is 1.83. The predicted molar refractivity (Wildman–Crippen MR) is 77.5 cm³/mol. The van der Waals surface area contributed by atoms with Crippen LogP contribution in [0.5, 0.6) is 17.2 Å². The third kappa shape index (κ3) is 3.18. The summed E-state index contributed by atoms with van der Waals surface area (Å²) in [4.78, 5) is 4.03. The Hall–Kier alpha value is -2.28. The molecule has 7 heteroatoms. The van der Waals surface area contributed by atoms with E-state index in [4.69, 9.17) is 20.4 Å². The van der Waals surface area contributed by atoms with Gasteiger partial charge in [0.1, 0.15) is 22.9 Å². The van der Waals surface area contributed by atoms with Gasteiger partial charge in [-0.1, -0.05) is 5.16 Å². The maximum atomic E-state index is 8.55. The number of nitrogens with zero attached hydrogens (tertiary/aromatic N) is 2. The Kier molecular flexibility index (Phi) is 4.41. The number of amidine groups is 1. The zero-order valence-corrected chi connectivity index (χ0v) is 12.2. The average molecular weight is 338 g/mol. The Balaban J connectivity index is 2.18. The molecule has 0 amide bonds. The molecule has 3 N–H and O–H groups in total. The molecule has 1 heterocycles. The molecular formula is C13H12BrN3O3.